The van der Waals surface area contributed by atoms with Gasteiger partial charge in [-0.15, -0.1) is 0 Å². The molecular formula is C16H23NO4. The van der Waals surface area contributed by atoms with Gasteiger partial charge < -0.3 is 19.9 Å². The van der Waals surface area contributed by atoms with E-state index < -0.39 is 0 Å². The standard InChI is InChI=1S/C16H23NO4/c1-2-19-15-10-12(9-13(17)11-15)16(18)21-8-4-6-14-5-3-7-20-14/h9-11,14H,2-8,17H2,1H3. The highest BCUT2D eigenvalue weighted by Crippen LogP contribution is 2.20. The molecule has 0 bridgehead atoms. The van der Waals surface area contributed by atoms with Crippen molar-refractivity contribution in [1.82, 2.24) is 0 Å². The van der Waals surface area contributed by atoms with Gasteiger partial charge in [0.25, 0.3) is 0 Å². The Bertz CT molecular complexity index is 469. The van der Waals surface area contributed by atoms with E-state index in [1.807, 2.05) is 6.92 Å². The summed E-state index contributed by atoms with van der Waals surface area (Å²) in [6.07, 6.45) is 4.33. The number of anilines is 1. The highest BCUT2D eigenvalue weighted by Gasteiger charge is 2.15. The quantitative estimate of drug-likeness (QED) is 0.475. The van der Waals surface area contributed by atoms with E-state index in [0.717, 1.165) is 32.3 Å². The van der Waals surface area contributed by atoms with Gasteiger partial charge in [0.2, 0.25) is 0 Å². The number of hydrogen-bond acceptors (Lipinski definition) is 5. The molecule has 1 aromatic carbocycles. The highest BCUT2D eigenvalue weighted by atomic mass is 16.5. The lowest BCUT2D eigenvalue weighted by Gasteiger charge is -2.10. The molecule has 0 saturated carbocycles. The number of benzene rings is 1. The Hall–Kier alpha value is -1.75. The van der Waals surface area contributed by atoms with E-state index in [2.05, 4.69) is 0 Å². The number of carbonyl (C=O) groups excluding carboxylic acids is 1. The zero-order valence-corrected chi connectivity index (χ0v) is 12.5. The Morgan fingerprint density at radius 1 is 1.43 bits per heavy atom. The minimum absolute atomic E-state index is 0.334. The second kappa shape index (κ2) is 7.88. The van der Waals surface area contributed by atoms with Crippen molar-refractivity contribution in [2.24, 2.45) is 0 Å². The van der Waals surface area contributed by atoms with Gasteiger partial charge in [0.05, 0.1) is 24.9 Å². The van der Waals surface area contributed by atoms with Gasteiger partial charge in [-0.05, 0) is 44.7 Å². The summed E-state index contributed by atoms with van der Waals surface area (Å²) in [6.45, 7) is 3.66. The largest absolute Gasteiger partial charge is 0.494 e. The summed E-state index contributed by atoms with van der Waals surface area (Å²) in [7, 11) is 0. The summed E-state index contributed by atoms with van der Waals surface area (Å²) in [5.74, 6) is 0.222. The molecule has 21 heavy (non-hydrogen) atoms. The first kappa shape index (κ1) is 15.6. The van der Waals surface area contributed by atoms with Crippen molar-refractivity contribution in [2.75, 3.05) is 25.6 Å². The number of nitrogens with two attached hydrogens (primary N) is 1. The number of nitrogen functional groups attached to an aromatic ring is 1. The maximum atomic E-state index is 12.0. The first-order valence-electron chi connectivity index (χ1n) is 7.51. The zero-order valence-electron chi connectivity index (χ0n) is 12.5. The van der Waals surface area contributed by atoms with Gasteiger partial charge in [-0.25, -0.2) is 4.79 Å². The third-order valence-corrected chi connectivity index (χ3v) is 3.40. The Morgan fingerprint density at radius 3 is 3.00 bits per heavy atom. The van der Waals surface area contributed by atoms with Crippen molar-refractivity contribution in [3.05, 3.63) is 23.8 Å². The summed E-state index contributed by atoms with van der Waals surface area (Å²) >= 11 is 0. The molecule has 5 nitrogen and oxygen atoms in total. The van der Waals surface area contributed by atoms with Gasteiger partial charge in [-0.1, -0.05) is 0 Å². The number of carbonyl (C=O) groups is 1. The molecule has 0 aromatic heterocycles. The van der Waals surface area contributed by atoms with Gasteiger partial charge in [-0.3, -0.25) is 0 Å². The van der Waals surface area contributed by atoms with Gasteiger partial charge in [0.15, 0.2) is 0 Å². The summed E-state index contributed by atoms with van der Waals surface area (Å²) in [5, 5.41) is 0. The van der Waals surface area contributed by atoms with Crippen molar-refractivity contribution in [1.29, 1.82) is 0 Å². The maximum Gasteiger partial charge on any atom is 0.338 e. The average molecular weight is 293 g/mol. The van der Waals surface area contributed by atoms with Crippen molar-refractivity contribution in [2.45, 2.75) is 38.7 Å². The smallest absolute Gasteiger partial charge is 0.338 e. The molecule has 1 aliphatic rings. The van der Waals surface area contributed by atoms with Crippen LogP contribution in [0.3, 0.4) is 0 Å². The lowest BCUT2D eigenvalue weighted by molar-refractivity contribution is 0.0461. The van der Waals surface area contributed by atoms with Crippen LogP contribution in [-0.2, 0) is 9.47 Å². The van der Waals surface area contributed by atoms with E-state index in [-0.39, 0.29) is 5.97 Å². The third kappa shape index (κ3) is 4.93. The summed E-state index contributed by atoms with van der Waals surface area (Å²) in [4.78, 5) is 12.0. The highest BCUT2D eigenvalue weighted by molar-refractivity contribution is 5.91. The van der Waals surface area contributed by atoms with Gasteiger partial charge in [0, 0.05) is 18.4 Å². The second-order valence-electron chi connectivity index (χ2n) is 5.14. The SMILES string of the molecule is CCOc1cc(N)cc(C(=O)OCCCC2CCCO2)c1. The van der Waals surface area contributed by atoms with Crippen molar-refractivity contribution in [3.8, 4) is 5.75 Å². The fourth-order valence-electron chi connectivity index (χ4n) is 2.42. The Balaban J connectivity index is 1.79. The molecule has 5 heteroatoms. The Kier molecular flexibility index (Phi) is 5.87. The fraction of sp³-hybridized carbons (Fsp3) is 0.562. The van der Waals surface area contributed by atoms with Gasteiger partial charge >= 0.3 is 5.97 Å². The lowest BCUT2D eigenvalue weighted by Crippen LogP contribution is -2.10. The van der Waals surface area contributed by atoms with E-state index >= 15 is 0 Å². The van der Waals surface area contributed by atoms with Crippen molar-refractivity contribution < 1.29 is 19.0 Å². The summed E-state index contributed by atoms with van der Waals surface area (Å²) in [5.41, 5.74) is 6.68. The molecule has 2 N–H and O–H groups in total. The monoisotopic (exact) mass is 293 g/mol. The fourth-order valence-corrected chi connectivity index (χ4v) is 2.42. The van der Waals surface area contributed by atoms with Crippen LogP contribution in [0.4, 0.5) is 5.69 Å². The molecule has 1 saturated heterocycles. The van der Waals surface area contributed by atoms with Crippen molar-refractivity contribution in [3.63, 3.8) is 0 Å². The molecule has 1 atom stereocenters. The molecule has 1 heterocycles. The molecule has 1 aromatic rings. The van der Waals surface area contributed by atoms with E-state index in [9.17, 15) is 4.79 Å². The number of ether oxygens (including phenoxy) is 3. The molecular weight excluding hydrogens is 270 g/mol. The van der Waals surface area contributed by atoms with E-state index in [1.54, 1.807) is 18.2 Å². The molecule has 0 spiro atoms. The summed E-state index contributed by atoms with van der Waals surface area (Å²) in [6, 6.07) is 4.95. The van der Waals surface area contributed by atoms with Gasteiger partial charge in [0.1, 0.15) is 5.75 Å². The first-order valence-corrected chi connectivity index (χ1v) is 7.51. The van der Waals surface area contributed by atoms with E-state index in [0.29, 0.717) is 36.3 Å². The molecule has 116 valence electrons. The Labute approximate surface area is 125 Å². The minimum atomic E-state index is -0.365. The average Bonchev–Trinajstić information content (AvgIpc) is 2.96. The van der Waals surface area contributed by atoms with Crippen LogP contribution in [0.1, 0.15) is 43.0 Å². The third-order valence-electron chi connectivity index (χ3n) is 3.40. The number of hydrogen-bond donors (Lipinski definition) is 1. The van der Waals surface area contributed by atoms with Crippen LogP contribution >= 0.6 is 0 Å². The van der Waals surface area contributed by atoms with Crippen LogP contribution in [-0.4, -0.2) is 31.9 Å². The van der Waals surface area contributed by atoms with Crippen molar-refractivity contribution >= 4 is 11.7 Å². The number of esters is 1. The topological polar surface area (TPSA) is 70.8 Å². The molecule has 1 fully saturated rings. The van der Waals surface area contributed by atoms with Gasteiger partial charge in [-0.2, -0.15) is 0 Å². The molecule has 2 rings (SSSR count). The number of rotatable bonds is 7. The Morgan fingerprint density at radius 2 is 2.29 bits per heavy atom. The van der Waals surface area contributed by atoms with Crippen LogP contribution in [0.15, 0.2) is 18.2 Å². The predicted molar refractivity (Wildman–Crippen MR) is 80.5 cm³/mol. The van der Waals surface area contributed by atoms with Crippen LogP contribution in [0, 0.1) is 0 Å². The molecule has 1 unspecified atom stereocenters. The molecule has 0 radical (unpaired) electrons. The maximum absolute atomic E-state index is 12.0. The van der Waals surface area contributed by atoms with Crippen LogP contribution < -0.4 is 10.5 Å². The molecule has 0 amide bonds. The predicted octanol–water partition coefficient (Wildman–Crippen LogP) is 2.78. The zero-order chi connectivity index (χ0) is 15.1. The van der Waals surface area contributed by atoms with E-state index in [4.69, 9.17) is 19.9 Å². The second-order valence-corrected chi connectivity index (χ2v) is 5.14. The normalized spacial score (nSPS) is 17.7. The van der Waals surface area contributed by atoms with E-state index in [1.165, 1.54) is 0 Å². The first-order chi connectivity index (χ1) is 10.2. The van der Waals surface area contributed by atoms with Crippen LogP contribution in [0.25, 0.3) is 0 Å². The molecule has 0 aliphatic carbocycles. The summed E-state index contributed by atoms with van der Waals surface area (Å²) < 4.78 is 16.2. The molecule has 1 aliphatic heterocycles. The lowest BCUT2D eigenvalue weighted by atomic mass is 10.1. The van der Waals surface area contributed by atoms with Crippen LogP contribution in [0.5, 0.6) is 5.75 Å². The van der Waals surface area contributed by atoms with Crippen LogP contribution in [0.2, 0.25) is 0 Å². The minimum Gasteiger partial charge on any atom is -0.494 e.